The lowest BCUT2D eigenvalue weighted by Gasteiger charge is -2.34. The van der Waals surface area contributed by atoms with Crippen molar-refractivity contribution in [1.29, 1.82) is 10.8 Å². The number of benzene rings is 1. The molecule has 8 nitrogen and oxygen atoms in total. The zero-order valence-corrected chi connectivity index (χ0v) is 21.3. The first-order valence-corrected chi connectivity index (χ1v) is 12.5. The summed E-state index contributed by atoms with van der Waals surface area (Å²) in [6.07, 6.45) is 9.25. The molecule has 0 amide bonds. The van der Waals surface area contributed by atoms with Crippen molar-refractivity contribution in [3.8, 4) is 5.75 Å². The van der Waals surface area contributed by atoms with Crippen LogP contribution in [0.15, 0.2) is 52.0 Å². The van der Waals surface area contributed by atoms with Crippen LogP contribution in [0.25, 0.3) is 11.0 Å². The maximum absolute atomic E-state index is 11.3. The monoisotopic (exact) mass is 493 g/mol. The van der Waals surface area contributed by atoms with Gasteiger partial charge in [0.1, 0.15) is 11.3 Å². The summed E-state index contributed by atoms with van der Waals surface area (Å²) in [6.45, 7) is 8.39. The molecule has 2 aliphatic rings. The van der Waals surface area contributed by atoms with E-state index in [1.165, 1.54) is 24.8 Å². The number of nitrogens with one attached hydrogen (secondary N) is 2. The Labute approximate surface area is 211 Å². The fraction of sp³-hybridized carbons (Fsp3) is 0.464. The van der Waals surface area contributed by atoms with Crippen molar-refractivity contribution in [3.05, 3.63) is 53.3 Å². The number of allylic oxidation sites excluding steroid dienone is 4. The van der Waals surface area contributed by atoms with Gasteiger partial charge in [-0.05, 0) is 69.7 Å². The molecule has 0 bridgehead atoms. The van der Waals surface area contributed by atoms with Gasteiger partial charge in [0.25, 0.3) is 5.90 Å². The molecule has 1 saturated heterocycles. The molecule has 4 rings (SSSR count). The van der Waals surface area contributed by atoms with Crippen LogP contribution in [0.3, 0.4) is 0 Å². The number of esters is 1. The molecular formula is C28H35N3O5. The summed E-state index contributed by atoms with van der Waals surface area (Å²) in [5.74, 6) is -0.0268. The Morgan fingerprint density at radius 3 is 2.69 bits per heavy atom. The van der Waals surface area contributed by atoms with Crippen LogP contribution in [0.2, 0.25) is 0 Å². The van der Waals surface area contributed by atoms with Gasteiger partial charge in [-0.15, -0.1) is 0 Å². The first-order chi connectivity index (χ1) is 17.4. The van der Waals surface area contributed by atoms with Gasteiger partial charge < -0.3 is 23.5 Å². The number of fused-ring (bicyclic) bond motifs is 1. The molecule has 0 saturated carbocycles. The van der Waals surface area contributed by atoms with E-state index in [9.17, 15) is 4.79 Å². The van der Waals surface area contributed by atoms with Gasteiger partial charge in [0.15, 0.2) is 5.76 Å². The third kappa shape index (κ3) is 6.05. The topological polar surface area (TPSA) is 109 Å². The quantitative estimate of drug-likeness (QED) is 0.234. The molecule has 0 radical (unpaired) electrons. The lowest BCUT2D eigenvalue weighted by atomic mass is 9.80. The second-order valence-corrected chi connectivity index (χ2v) is 9.61. The molecule has 0 spiro atoms. The highest BCUT2D eigenvalue weighted by molar-refractivity contribution is 6.33. The number of methoxy groups -OCH3 is 1. The predicted octanol–water partition coefficient (Wildman–Crippen LogP) is 5.32. The molecule has 1 aromatic heterocycles. The second kappa shape index (κ2) is 11.6. The zero-order valence-electron chi connectivity index (χ0n) is 21.3. The molecule has 1 aliphatic carbocycles. The predicted molar refractivity (Wildman–Crippen MR) is 139 cm³/mol. The van der Waals surface area contributed by atoms with E-state index in [0.29, 0.717) is 29.2 Å². The van der Waals surface area contributed by atoms with Crippen molar-refractivity contribution < 1.29 is 23.4 Å². The number of carbonyl (C=O) groups is 1. The minimum absolute atomic E-state index is 0.102. The van der Waals surface area contributed by atoms with Crippen LogP contribution in [-0.2, 0) is 14.3 Å². The van der Waals surface area contributed by atoms with Gasteiger partial charge in [0.05, 0.1) is 19.1 Å². The van der Waals surface area contributed by atoms with Gasteiger partial charge in [-0.3, -0.25) is 10.8 Å². The number of hydrogen-bond acceptors (Lipinski definition) is 8. The summed E-state index contributed by atoms with van der Waals surface area (Å²) in [5.41, 5.74) is 3.66. The van der Waals surface area contributed by atoms with Gasteiger partial charge in [0.2, 0.25) is 0 Å². The van der Waals surface area contributed by atoms with Crippen molar-refractivity contribution in [2.24, 2.45) is 11.8 Å². The average molecular weight is 494 g/mol. The number of carbonyl (C=O) groups excluding carboxylic acids is 1. The van der Waals surface area contributed by atoms with E-state index in [2.05, 4.69) is 35.6 Å². The van der Waals surface area contributed by atoms with Crippen molar-refractivity contribution in [3.63, 3.8) is 0 Å². The molecule has 2 N–H and O–H groups in total. The van der Waals surface area contributed by atoms with Crippen molar-refractivity contribution in [2.45, 2.75) is 39.5 Å². The third-order valence-corrected chi connectivity index (χ3v) is 7.19. The Bertz CT molecular complexity index is 1190. The maximum atomic E-state index is 11.3. The largest absolute Gasteiger partial charge is 0.493 e. The number of ether oxygens (including phenoxy) is 3. The minimum Gasteiger partial charge on any atom is -0.493 e. The smallest absolute Gasteiger partial charge is 0.393 e. The highest BCUT2D eigenvalue weighted by Gasteiger charge is 2.24. The van der Waals surface area contributed by atoms with Crippen LogP contribution in [0, 0.1) is 22.7 Å². The molecule has 1 fully saturated rings. The van der Waals surface area contributed by atoms with Crippen molar-refractivity contribution >= 4 is 28.7 Å². The fourth-order valence-electron chi connectivity index (χ4n) is 4.84. The molecule has 2 heterocycles. The standard InChI is InChI=1S/C28H35N3O5/c1-18-8-9-21(16-19(18)2)20-10-13-31(14-11-20)12-5-15-34-23-6-4-7-24-22(23)17-25(35-24)26(29)36-27(30)28(32)33-3/h4,6-9,17,19-20,29-30H,5,10-16H2,1-3H3. The van der Waals surface area contributed by atoms with E-state index < -0.39 is 17.8 Å². The summed E-state index contributed by atoms with van der Waals surface area (Å²) in [7, 11) is 1.14. The van der Waals surface area contributed by atoms with E-state index in [0.717, 1.165) is 39.1 Å². The van der Waals surface area contributed by atoms with Crippen LogP contribution in [0.1, 0.15) is 45.3 Å². The van der Waals surface area contributed by atoms with Crippen molar-refractivity contribution in [2.75, 3.05) is 33.4 Å². The SMILES string of the molecule is COC(=O)C(=N)OC(=N)c1cc2c(OCCCN3CCC(C4=CC=C(C)C(C)C4)CC3)cccc2o1. The average Bonchev–Trinajstić information content (AvgIpc) is 3.33. The molecular weight excluding hydrogens is 458 g/mol. The highest BCUT2D eigenvalue weighted by atomic mass is 16.6. The van der Waals surface area contributed by atoms with Crippen LogP contribution < -0.4 is 4.74 Å². The number of piperidine rings is 1. The molecule has 1 aromatic carbocycles. The normalized spacial score (nSPS) is 18.9. The van der Waals surface area contributed by atoms with E-state index >= 15 is 0 Å². The van der Waals surface area contributed by atoms with Crippen LogP contribution in [0.4, 0.5) is 0 Å². The Kier molecular flexibility index (Phi) is 8.25. The van der Waals surface area contributed by atoms with Gasteiger partial charge in [-0.1, -0.05) is 36.3 Å². The molecule has 1 atom stereocenters. The zero-order chi connectivity index (χ0) is 25.7. The molecule has 1 unspecified atom stereocenters. The number of nitrogens with zero attached hydrogens (tertiary/aromatic N) is 1. The maximum Gasteiger partial charge on any atom is 0.393 e. The Balaban J connectivity index is 1.25. The first-order valence-electron chi connectivity index (χ1n) is 12.5. The highest BCUT2D eigenvalue weighted by Crippen LogP contribution is 2.34. The number of likely N-dealkylation sites (tertiary alicyclic amines) is 1. The molecule has 1 aliphatic heterocycles. The van der Waals surface area contributed by atoms with E-state index in [1.54, 1.807) is 17.7 Å². The lowest BCUT2D eigenvalue weighted by molar-refractivity contribution is -0.134. The summed E-state index contributed by atoms with van der Waals surface area (Å²) in [6, 6.07) is 7.09. The van der Waals surface area contributed by atoms with Crippen molar-refractivity contribution in [1.82, 2.24) is 4.90 Å². The summed E-state index contributed by atoms with van der Waals surface area (Å²) in [4.78, 5) is 13.9. The van der Waals surface area contributed by atoms with Crippen LogP contribution >= 0.6 is 0 Å². The second-order valence-electron chi connectivity index (χ2n) is 9.61. The molecule has 8 heteroatoms. The minimum atomic E-state index is -0.961. The first kappa shape index (κ1) is 25.7. The van der Waals surface area contributed by atoms with Gasteiger partial charge in [-0.25, -0.2) is 4.79 Å². The number of hydrogen-bond donors (Lipinski definition) is 2. The number of rotatable bonds is 7. The summed E-state index contributed by atoms with van der Waals surface area (Å²) < 4.78 is 21.1. The van der Waals surface area contributed by atoms with Gasteiger partial charge >= 0.3 is 11.9 Å². The fourth-order valence-corrected chi connectivity index (χ4v) is 4.84. The number of furan rings is 1. The molecule has 2 aromatic rings. The Hall–Kier alpha value is -3.39. The van der Waals surface area contributed by atoms with Crippen LogP contribution in [-0.4, -0.2) is 56.0 Å². The molecule has 192 valence electrons. The van der Waals surface area contributed by atoms with E-state index in [-0.39, 0.29) is 5.76 Å². The van der Waals surface area contributed by atoms with Crippen LogP contribution in [0.5, 0.6) is 5.75 Å². The van der Waals surface area contributed by atoms with E-state index in [4.69, 9.17) is 24.7 Å². The van der Waals surface area contributed by atoms with E-state index in [1.807, 2.05) is 12.1 Å². The summed E-state index contributed by atoms with van der Waals surface area (Å²) >= 11 is 0. The van der Waals surface area contributed by atoms with Gasteiger partial charge in [0, 0.05) is 12.6 Å². The Morgan fingerprint density at radius 2 is 1.97 bits per heavy atom. The van der Waals surface area contributed by atoms with Gasteiger partial charge in [-0.2, -0.15) is 0 Å². The molecule has 36 heavy (non-hydrogen) atoms. The summed E-state index contributed by atoms with van der Waals surface area (Å²) in [5, 5.41) is 16.2. The Morgan fingerprint density at radius 1 is 1.19 bits per heavy atom. The third-order valence-electron chi connectivity index (χ3n) is 7.19. The lowest BCUT2D eigenvalue weighted by Crippen LogP contribution is -2.35.